The zero-order valence-electron chi connectivity index (χ0n) is 16.0. The van der Waals surface area contributed by atoms with Crippen LogP contribution in [0.5, 0.6) is 0 Å². The van der Waals surface area contributed by atoms with Crippen molar-refractivity contribution in [2.75, 3.05) is 6.26 Å². The van der Waals surface area contributed by atoms with Crippen molar-refractivity contribution >= 4 is 26.7 Å². The predicted molar refractivity (Wildman–Crippen MR) is 109 cm³/mol. The second-order valence-corrected chi connectivity index (χ2v) is 9.05. The van der Waals surface area contributed by atoms with Crippen LogP contribution in [0.25, 0.3) is 16.7 Å². The lowest BCUT2D eigenvalue weighted by Gasteiger charge is -2.08. The highest BCUT2D eigenvalue weighted by Gasteiger charge is 2.23. The van der Waals surface area contributed by atoms with Crippen LogP contribution in [0.3, 0.4) is 0 Å². The van der Waals surface area contributed by atoms with Crippen LogP contribution in [0.4, 0.5) is 4.39 Å². The normalized spacial score (nSPS) is 11.7. The number of furan rings is 1. The molecule has 0 radical (unpaired) electrons. The largest absolute Gasteiger partial charge is 0.451 e. The molecule has 0 aliphatic heterocycles. The van der Waals surface area contributed by atoms with Crippen molar-refractivity contribution in [3.63, 3.8) is 0 Å². The van der Waals surface area contributed by atoms with Gasteiger partial charge in [-0.3, -0.25) is 4.79 Å². The molecule has 7 nitrogen and oxygen atoms in total. The van der Waals surface area contributed by atoms with Crippen LogP contribution in [0, 0.1) is 5.82 Å². The molecule has 154 valence electrons. The lowest BCUT2D eigenvalue weighted by molar-refractivity contribution is 0.0924. The van der Waals surface area contributed by atoms with E-state index in [-0.39, 0.29) is 18.1 Å². The van der Waals surface area contributed by atoms with E-state index in [0.717, 1.165) is 6.26 Å². The van der Waals surface area contributed by atoms with Gasteiger partial charge in [-0.2, -0.15) is 0 Å². The standard InChI is InChI=1S/C21H18FN3O4S/c1-30(27,28)12-16-15-4-2-3-5-19(15)29-20(16)21(26)24-11-14-6-7-18(17(22)10-14)25-9-8-23-13-25/h2-10,13H,11-12H2,1H3,(H,24,26). The molecule has 0 spiro atoms. The molecule has 0 aliphatic carbocycles. The Morgan fingerprint density at radius 1 is 1.23 bits per heavy atom. The second-order valence-electron chi connectivity index (χ2n) is 6.91. The van der Waals surface area contributed by atoms with Crippen molar-refractivity contribution in [1.82, 2.24) is 14.9 Å². The summed E-state index contributed by atoms with van der Waals surface area (Å²) in [5.74, 6) is -1.40. The fraction of sp³-hybridized carbons (Fsp3) is 0.143. The maximum Gasteiger partial charge on any atom is 0.287 e. The number of hydrogen-bond donors (Lipinski definition) is 1. The van der Waals surface area contributed by atoms with E-state index in [1.54, 1.807) is 53.4 Å². The van der Waals surface area contributed by atoms with Gasteiger partial charge in [-0.05, 0) is 23.8 Å². The van der Waals surface area contributed by atoms with E-state index in [1.165, 1.54) is 12.4 Å². The Balaban J connectivity index is 1.57. The highest BCUT2D eigenvalue weighted by molar-refractivity contribution is 7.89. The van der Waals surface area contributed by atoms with Gasteiger partial charge >= 0.3 is 0 Å². The Morgan fingerprint density at radius 3 is 2.73 bits per heavy atom. The summed E-state index contributed by atoms with van der Waals surface area (Å²) in [6.07, 6.45) is 5.77. The Labute approximate surface area is 172 Å². The van der Waals surface area contributed by atoms with Gasteiger partial charge in [-0.1, -0.05) is 24.3 Å². The Kier molecular flexibility index (Phi) is 5.13. The molecule has 30 heavy (non-hydrogen) atoms. The van der Waals surface area contributed by atoms with Crippen LogP contribution in [-0.4, -0.2) is 30.1 Å². The predicted octanol–water partition coefficient (Wildman–Crippen LogP) is 3.23. The summed E-state index contributed by atoms with van der Waals surface area (Å²) < 4.78 is 45.3. The number of benzene rings is 2. The van der Waals surface area contributed by atoms with Crippen LogP contribution in [-0.2, 0) is 22.1 Å². The fourth-order valence-corrected chi connectivity index (χ4v) is 4.03. The Hall–Kier alpha value is -3.46. The summed E-state index contributed by atoms with van der Waals surface area (Å²) >= 11 is 0. The van der Waals surface area contributed by atoms with Gasteiger partial charge in [0.25, 0.3) is 5.91 Å². The summed E-state index contributed by atoms with van der Waals surface area (Å²) in [6.45, 7) is 0.0509. The molecule has 2 aromatic carbocycles. The van der Waals surface area contributed by atoms with Crippen LogP contribution in [0.2, 0.25) is 0 Å². The first-order valence-electron chi connectivity index (χ1n) is 9.05. The first-order chi connectivity index (χ1) is 14.3. The molecule has 0 bridgehead atoms. The van der Waals surface area contributed by atoms with Gasteiger partial charge in [0.15, 0.2) is 15.6 Å². The number of nitrogens with one attached hydrogen (secondary N) is 1. The lowest BCUT2D eigenvalue weighted by atomic mass is 10.1. The summed E-state index contributed by atoms with van der Waals surface area (Å²) in [5.41, 5.74) is 1.63. The SMILES string of the molecule is CS(=O)(=O)Cc1c(C(=O)NCc2ccc(-n3ccnc3)c(F)c2)oc2ccccc12. The molecule has 0 atom stereocenters. The van der Waals surface area contributed by atoms with Crippen LogP contribution in [0.1, 0.15) is 21.7 Å². The number of imidazole rings is 1. The quantitative estimate of drug-likeness (QED) is 0.510. The third-order valence-electron chi connectivity index (χ3n) is 4.56. The number of rotatable bonds is 6. The Bertz CT molecular complexity index is 1330. The van der Waals surface area contributed by atoms with Crippen molar-refractivity contribution in [2.24, 2.45) is 0 Å². The van der Waals surface area contributed by atoms with Crippen molar-refractivity contribution in [3.05, 3.63) is 83.9 Å². The molecule has 1 amide bonds. The maximum atomic E-state index is 14.4. The minimum absolute atomic E-state index is 0.0509. The molecular weight excluding hydrogens is 409 g/mol. The topological polar surface area (TPSA) is 94.2 Å². The first-order valence-corrected chi connectivity index (χ1v) is 11.1. The molecule has 0 saturated heterocycles. The third-order valence-corrected chi connectivity index (χ3v) is 5.37. The molecular formula is C21H18FN3O4S. The molecule has 2 heterocycles. The van der Waals surface area contributed by atoms with Crippen molar-refractivity contribution in [3.8, 4) is 5.69 Å². The maximum absolute atomic E-state index is 14.4. The van der Waals surface area contributed by atoms with Gasteiger partial charge < -0.3 is 14.3 Å². The van der Waals surface area contributed by atoms with E-state index in [1.807, 2.05) is 0 Å². The minimum Gasteiger partial charge on any atom is -0.451 e. The van der Waals surface area contributed by atoms with E-state index in [2.05, 4.69) is 10.3 Å². The zero-order chi connectivity index (χ0) is 21.3. The number of nitrogens with zero attached hydrogens (tertiary/aromatic N) is 2. The van der Waals surface area contributed by atoms with Gasteiger partial charge in [0.2, 0.25) is 0 Å². The van der Waals surface area contributed by atoms with Crippen LogP contribution in [0.15, 0.2) is 65.6 Å². The van der Waals surface area contributed by atoms with Crippen molar-refractivity contribution < 1.29 is 22.0 Å². The van der Waals surface area contributed by atoms with Gasteiger partial charge in [-0.15, -0.1) is 0 Å². The van der Waals surface area contributed by atoms with Crippen molar-refractivity contribution in [1.29, 1.82) is 0 Å². The summed E-state index contributed by atoms with van der Waals surface area (Å²) in [4.78, 5) is 16.6. The molecule has 0 aliphatic rings. The molecule has 4 rings (SSSR count). The smallest absolute Gasteiger partial charge is 0.287 e. The van der Waals surface area contributed by atoms with Gasteiger partial charge in [0.05, 0.1) is 17.8 Å². The molecule has 0 fully saturated rings. The molecule has 4 aromatic rings. The average Bonchev–Trinajstić information content (AvgIpc) is 3.34. The first kappa shape index (κ1) is 19.8. The number of hydrogen-bond acceptors (Lipinski definition) is 5. The summed E-state index contributed by atoms with van der Waals surface area (Å²) in [7, 11) is -3.39. The number of carbonyl (C=O) groups excluding carboxylic acids is 1. The summed E-state index contributed by atoms with van der Waals surface area (Å²) in [6, 6.07) is 11.5. The minimum atomic E-state index is -3.39. The third kappa shape index (κ3) is 4.11. The molecule has 0 unspecified atom stereocenters. The number of sulfone groups is 1. The average molecular weight is 427 g/mol. The van der Waals surface area contributed by atoms with E-state index in [9.17, 15) is 17.6 Å². The number of halogens is 1. The van der Waals surface area contributed by atoms with Gasteiger partial charge in [0.1, 0.15) is 11.4 Å². The molecule has 1 N–H and O–H groups in total. The van der Waals surface area contributed by atoms with E-state index in [4.69, 9.17) is 4.42 Å². The molecule has 9 heteroatoms. The van der Waals surface area contributed by atoms with E-state index >= 15 is 0 Å². The van der Waals surface area contributed by atoms with E-state index in [0.29, 0.717) is 27.8 Å². The summed E-state index contributed by atoms with van der Waals surface area (Å²) in [5, 5.41) is 3.24. The van der Waals surface area contributed by atoms with Crippen LogP contribution >= 0.6 is 0 Å². The number of amides is 1. The van der Waals surface area contributed by atoms with Gasteiger partial charge in [0, 0.05) is 36.1 Å². The molecule has 2 aromatic heterocycles. The number of para-hydroxylation sites is 1. The molecule has 0 saturated carbocycles. The monoisotopic (exact) mass is 427 g/mol. The van der Waals surface area contributed by atoms with Gasteiger partial charge in [-0.25, -0.2) is 17.8 Å². The second kappa shape index (κ2) is 7.75. The highest BCUT2D eigenvalue weighted by Crippen LogP contribution is 2.27. The number of carbonyl (C=O) groups is 1. The van der Waals surface area contributed by atoms with Crippen LogP contribution < -0.4 is 5.32 Å². The number of aromatic nitrogens is 2. The lowest BCUT2D eigenvalue weighted by Crippen LogP contribution is -2.24. The highest BCUT2D eigenvalue weighted by atomic mass is 32.2. The van der Waals surface area contributed by atoms with Crippen molar-refractivity contribution in [2.45, 2.75) is 12.3 Å². The Morgan fingerprint density at radius 2 is 2.03 bits per heavy atom. The fourth-order valence-electron chi connectivity index (χ4n) is 3.22. The zero-order valence-corrected chi connectivity index (χ0v) is 16.8. The number of fused-ring (bicyclic) bond motifs is 1. The van der Waals surface area contributed by atoms with E-state index < -0.39 is 21.6 Å².